The van der Waals surface area contributed by atoms with E-state index in [1.54, 1.807) is 22.7 Å². The number of benzene rings is 1. The zero-order valence-electron chi connectivity index (χ0n) is 22.3. The second-order valence-corrected chi connectivity index (χ2v) is 12.2. The molecule has 0 saturated heterocycles. The summed E-state index contributed by atoms with van der Waals surface area (Å²) in [6, 6.07) is 8.51. The molecule has 3 aromatic heterocycles. The van der Waals surface area contributed by atoms with Crippen LogP contribution in [0.4, 0.5) is 0 Å². The number of unbranched alkanes of at least 4 members (excludes halogenated alkanes) is 10. The molecule has 0 aliphatic rings. The predicted octanol–water partition coefficient (Wildman–Crippen LogP) is 10.6. The third-order valence-electron chi connectivity index (χ3n) is 6.64. The summed E-state index contributed by atoms with van der Waals surface area (Å²) < 4.78 is 18.8. The first-order valence-electron chi connectivity index (χ1n) is 14.0. The van der Waals surface area contributed by atoms with Crippen LogP contribution in [0.1, 0.15) is 90.9 Å². The third kappa shape index (κ3) is 7.55. The lowest BCUT2D eigenvalue weighted by Crippen LogP contribution is -2.06. The van der Waals surface area contributed by atoms with Crippen molar-refractivity contribution in [2.24, 2.45) is 0 Å². The molecule has 0 aliphatic heterocycles. The largest absolute Gasteiger partial charge is 0.489 e. The number of ether oxygens (including phenoxy) is 2. The number of aromatic nitrogens is 2. The molecule has 0 spiro atoms. The topological polar surface area (TPSA) is 44.2 Å². The molecule has 0 radical (unpaired) electrons. The summed E-state index contributed by atoms with van der Waals surface area (Å²) in [5.41, 5.74) is 3.04. The number of hydrogen-bond donors (Lipinski definition) is 0. The molecule has 3 heterocycles. The number of thiophene rings is 2. The van der Waals surface area contributed by atoms with Crippen molar-refractivity contribution >= 4 is 44.4 Å². The fraction of sp³-hybridized carbons (Fsp3) is 0.533. The first-order chi connectivity index (χ1) is 18.3. The molecule has 7 heteroatoms. The average Bonchev–Trinajstić information content (AvgIpc) is 3.70. The molecule has 4 nitrogen and oxygen atoms in total. The summed E-state index contributed by atoms with van der Waals surface area (Å²) in [5.74, 6) is 1.70. The highest BCUT2D eigenvalue weighted by atomic mass is 32.1. The van der Waals surface area contributed by atoms with Gasteiger partial charge < -0.3 is 9.47 Å². The molecular formula is C30H40N2O2S3. The van der Waals surface area contributed by atoms with Crippen molar-refractivity contribution in [3.8, 4) is 32.4 Å². The molecule has 0 atom stereocenters. The van der Waals surface area contributed by atoms with Gasteiger partial charge in [-0.1, -0.05) is 94.7 Å². The van der Waals surface area contributed by atoms with E-state index in [0.717, 1.165) is 50.6 Å². The van der Waals surface area contributed by atoms with Crippen LogP contribution in [-0.2, 0) is 0 Å². The summed E-state index contributed by atoms with van der Waals surface area (Å²) in [6.07, 6.45) is 14.8. The van der Waals surface area contributed by atoms with Gasteiger partial charge in [0.25, 0.3) is 0 Å². The van der Waals surface area contributed by atoms with E-state index < -0.39 is 0 Å². The maximum Gasteiger partial charge on any atom is 0.172 e. The Morgan fingerprint density at radius 2 is 1.16 bits per heavy atom. The Balaban J connectivity index is 1.65. The van der Waals surface area contributed by atoms with Gasteiger partial charge in [-0.2, -0.15) is 0 Å². The standard InChI is InChI=1S/C30H40N2O2S3/c1-3-5-7-9-11-13-19-33-28-25(23-17-15-21-35-23)27-30(37-32-31-27)26(24-18-16-22-36-24)29(28)34-20-14-12-10-8-6-4-2/h15-18,21-22H,3-14,19-20H2,1-2H3. The van der Waals surface area contributed by atoms with Crippen LogP contribution in [0.25, 0.3) is 31.1 Å². The van der Waals surface area contributed by atoms with Crippen molar-refractivity contribution in [1.82, 2.24) is 9.59 Å². The highest BCUT2D eigenvalue weighted by Crippen LogP contribution is 2.53. The monoisotopic (exact) mass is 556 g/mol. The van der Waals surface area contributed by atoms with Gasteiger partial charge in [0.15, 0.2) is 11.5 Å². The highest BCUT2D eigenvalue weighted by molar-refractivity contribution is 7.17. The lowest BCUT2D eigenvalue weighted by molar-refractivity contribution is 0.261. The van der Waals surface area contributed by atoms with Crippen molar-refractivity contribution in [3.63, 3.8) is 0 Å². The van der Waals surface area contributed by atoms with Gasteiger partial charge in [-0.05, 0) is 47.3 Å². The van der Waals surface area contributed by atoms with Crippen LogP contribution in [0.5, 0.6) is 11.5 Å². The number of fused-ring (bicyclic) bond motifs is 1. The molecule has 37 heavy (non-hydrogen) atoms. The summed E-state index contributed by atoms with van der Waals surface area (Å²) in [7, 11) is 0. The van der Waals surface area contributed by atoms with Gasteiger partial charge in [0.05, 0.1) is 29.0 Å². The Morgan fingerprint density at radius 3 is 1.70 bits per heavy atom. The Bertz CT molecular complexity index is 1080. The molecule has 1 aromatic carbocycles. The molecule has 0 fully saturated rings. The van der Waals surface area contributed by atoms with Gasteiger partial charge >= 0.3 is 0 Å². The molecule has 0 saturated carbocycles. The summed E-state index contributed by atoms with van der Waals surface area (Å²) in [5, 5.41) is 8.84. The van der Waals surface area contributed by atoms with E-state index in [2.05, 4.69) is 58.5 Å². The van der Waals surface area contributed by atoms with Crippen molar-refractivity contribution in [3.05, 3.63) is 35.0 Å². The molecule has 0 unspecified atom stereocenters. The average molecular weight is 557 g/mol. The van der Waals surface area contributed by atoms with E-state index in [4.69, 9.17) is 9.47 Å². The fourth-order valence-electron chi connectivity index (χ4n) is 4.64. The van der Waals surface area contributed by atoms with Crippen LogP contribution < -0.4 is 9.47 Å². The third-order valence-corrected chi connectivity index (χ3v) is 9.15. The minimum Gasteiger partial charge on any atom is -0.489 e. The van der Waals surface area contributed by atoms with E-state index in [1.165, 1.54) is 80.6 Å². The Labute approximate surface area is 234 Å². The second kappa shape index (κ2) is 15.5. The van der Waals surface area contributed by atoms with Crippen LogP contribution in [0.15, 0.2) is 35.0 Å². The van der Waals surface area contributed by atoms with Crippen LogP contribution in [0, 0.1) is 0 Å². The van der Waals surface area contributed by atoms with Crippen molar-refractivity contribution in [1.29, 1.82) is 0 Å². The maximum absolute atomic E-state index is 6.66. The molecule has 0 bridgehead atoms. The fourth-order valence-corrected chi connectivity index (χ4v) is 6.97. The van der Waals surface area contributed by atoms with Crippen LogP contribution in [-0.4, -0.2) is 22.8 Å². The number of nitrogens with zero attached hydrogens (tertiary/aromatic N) is 2. The molecule has 0 aliphatic carbocycles. The van der Waals surface area contributed by atoms with Crippen molar-refractivity contribution in [2.75, 3.05) is 13.2 Å². The predicted molar refractivity (Wildman–Crippen MR) is 162 cm³/mol. The SMILES string of the molecule is CCCCCCCCOc1c(OCCCCCCCC)c(-c2cccs2)c2snnc2c1-c1cccs1. The minimum absolute atomic E-state index is 0.685. The van der Waals surface area contributed by atoms with E-state index in [-0.39, 0.29) is 0 Å². The van der Waals surface area contributed by atoms with Gasteiger partial charge in [-0.3, -0.25) is 0 Å². The van der Waals surface area contributed by atoms with Gasteiger partial charge in [-0.15, -0.1) is 27.8 Å². The first-order valence-corrected chi connectivity index (χ1v) is 16.5. The highest BCUT2D eigenvalue weighted by Gasteiger charge is 2.27. The van der Waals surface area contributed by atoms with Gasteiger partial charge in [0, 0.05) is 9.75 Å². The second-order valence-electron chi connectivity index (χ2n) is 9.55. The zero-order valence-corrected chi connectivity index (χ0v) is 24.7. The van der Waals surface area contributed by atoms with E-state index >= 15 is 0 Å². The minimum atomic E-state index is 0.685. The Morgan fingerprint density at radius 1 is 0.649 bits per heavy atom. The molecule has 0 N–H and O–H groups in total. The molecular weight excluding hydrogens is 517 g/mol. The zero-order chi connectivity index (χ0) is 25.7. The summed E-state index contributed by atoms with van der Waals surface area (Å²) in [4.78, 5) is 2.33. The van der Waals surface area contributed by atoms with E-state index in [0.29, 0.717) is 13.2 Å². The van der Waals surface area contributed by atoms with Crippen molar-refractivity contribution < 1.29 is 9.47 Å². The molecule has 200 valence electrons. The Hall–Kier alpha value is -1.96. The van der Waals surface area contributed by atoms with Crippen LogP contribution >= 0.6 is 34.2 Å². The summed E-state index contributed by atoms with van der Waals surface area (Å²) in [6.45, 7) is 5.90. The molecule has 0 amide bonds. The van der Waals surface area contributed by atoms with Gasteiger partial charge in [-0.25, -0.2) is 0 Å². The normalized spacial score (nSPS) is 11.4. The first kappa shape index (κ1) is 28.1. The molecule has 4 aromatic rings. The molecule has 4 rings (SSSR count). The van der Waals surface area contributed by atoms with Gasteiger partial charge in [0.1, 0.15) is 5.52 Å². The number of hydrogen-bond acceptors (Lipinski definition) is 7. The van der Waals surface area contributed by atoms with Gasteiger partial charge in [0.2, 0.25) is 0 Å². The number of rotatable bonds is 18. The van der Waals surface area contributed by atoms with Crippen LogP contribution in [0.2, 0.25) is 0 Å². The summed E-state index contributed by atoms with van der Waals surface area (Å²) >= 11 is 4.90. The quantitative estimate of drug-likeness (QED) is 0.114. The Kier molecular flexibility index (Phi) is 11.7. The smallest absolute Gasteiger partial charge is 0.172 e. The maximum atomic E-state index is 6.66. The van der Waals surface area contributed by atoms with E-state index in [9.17, 15) is 0 Å². The van der Waals surface area contributed by atoms with E-state index in [1.807, 2.05) is 0 Å². The lowest BCUT2D eigenvalue weighted by Gasteiger charge is -2.20. The van der Waals surface area contributed by atoms with Crippen LogP contribution in [0.3, 0.4) is 0 Å². The lowest BCUT2D eigenvalue weighted by atomic mass is 10.0. The van der Waals surface area contributed by atoms with Crippen molar-refractivity contribution in [2.45, 2.75) is 90.9 Å².